The topological polar surface area (TPSA) is 35.5 Å². The Kier molecular flexibility index (Phi) is 5.88. The summed E-state index contributed by atoms with van der Waals surface area (Å²) in [6, 6.07) is 12.1. The maximum atomic E-state index is 9.59. The number of hydrogen-bond donors (Lipinski definition) is 2. The molecule has 2 N–H and O–H groups in total. The van der Waals surface area contributed by atoms with E-state index in [1.807, 2.05) is 0 Å². The minimum absolute atomic E-state index is 0.0436. The molecule has 2 aliphatic rings. The summed E-state index contributed by atoms with van der Waals surface area (Å²) in [5.74, 6) is 0. The molecule has 1 heterocycles. The van der Waals surface area contributed by atoms with Crippen LogP contribution < -0.4 is 5.32 Å². The standard InChI is InChI=1S/C19H30N2O/c22-19-8-6-17(7-9-19)20-18-11-14-21(15-12-18)13-10-16-4-2-1-3-5-16/h1-5,17-20,22H,6-15H2. The Morgan fingerprint density at radius 3 is 2.23 bits per heavy atom. The molecule has 1 saturated heterocycles. The van der Waals surface area contributed by atoms with Gasteiger partial charge < -0.3 is 15.3 Å². The summed E-state index contributed by atoms with van der Waals surface area (Å²) in [6.45, 7) is 3.63. The van der Waals surface area contributed by atoms with Crippen molar-refractivity contribution in [2.24, 2.45) is 0 Å². The normalized spacial score (nSPS) is 27.9. The largest absolute Gasteiger partial charge is 0.393 e. The molecule has 0 unspecified atom stereocenters. The van der Waals surface area contributed by atoms with Gasteiger partial charge in [-0.25, -0.2) is 0 Å². The lowest BCUT2D eigenvalue weighted by atomic mass is 9.91. The van der Waals surface area contributed by atoms with Gasteiger partial charge in [0.05, 0.1) is 6.10 Å². The van der Waals surface area contributed by atoms with E-state index in [2.05, 4.69) is 40.5 Å². The monoisotopic (exact) mass is 302 g/mol. The molecule has 1 saturated carbocycles. The van der Waals surface area contributed by atoms with Crippen molar-refractivity contribution in [1.29, 1.82) is 0 Å². The van der Waals surface area contributed by atoms with E-state index in [-0.39, 0.29) is 6.10 Å². The van der Waals surface area contributed by atoms with E-state index >= 15 is 0 Å². The molecule has 0 atom stereocenters. The second-order valence-electron chi connectivity index (χ2n) is 7.02. The second-order valence-corrected chi connectivity index (χ2v) is 7.02. The molecule has 1 aromatic rings. The van der Waals surface area contributed by atoms with Crippen molar-refractivity contribution in [3.05, 3.63) is 35.9 Å². The van der Waals surface area contributed by atoms with E-state index in [4.69, 9.17) is 0 Å². The van der Waals surface area contributed by atoms with Gasteiger partial charge in [0.2, 0.25) is 0 Å². The molecular weight excluding hydrogens is 272 g/mol. The van der Waals surface area contributed by atoms with Crippen LogP contribution in [0.25, 0.3) is 0 Å². The molecule has 3 rings (SSSR count). The van der Waals surface area contributed by atoms with Gasteiger partial charge in [0, 0.05) is 18.6 Å². The quantitative estimate of drug-likeness (QED) is 0.877. The van der Waals surface area contributed by atoms with Crippen LogP contribution in [0.5, 0.6) is 0 Å². The van der Waals surface area contributed by atoms with Gasteiger partial charge in [-0.3, -0.25) is 0 Å². The average molecular weight is 302 g/mol. The molecule has 0 spiro atoms. The number of likely N-dealkylation sites (tertiary alicyclic amines) is 1. The molecule has 2 fully saturated rings. The van der Waals surface area contributed by atoms with Crippen LogP contribution in [0.3, 0.4) is 0 Å². The third kappa shape index (κ3) is 4.80. The summed E-state index contributed by atoms with van der Waals surface area (Å²) in [5.41, 5.74) is 1.45. The zero-order valence-electron chi connectivity index (χ0n) is 13.6. The van der Waals surface area contributed by atoms with E-state index in [0.717, 1.165) is 25.7 Å². The number of aliphatic hydroxyl groups is 1. The third-order valence-electron chi connectivity index (χ3n) is 5.32. The minimum atomic E-state index is -0.0436. The third-order valence-corrected chi connectivity index (χ3v) is 5.32. The molecule has 3 nitrogen and oxygen atoms in total. The lowest BCUT2D eigenvalue weighted by molar-refractivity contribution is 0.108. The van der Waals surface area contributed by atoms with Crippen molar-refractivity contribution in [1.82, 2.24) is 10.2 Å². The molecule has 0 radical (unpaired) electrons. The fraction of sp³-hybridized carbons (Fsp3) is 0.684. The Labute approximate surface area is 134 Å². The summed E-state index contributed by atoms with van der Waals surface area (Å²) in [5, 5.41) is 13.4. The van der Waals surface area contributed by atoms with E-state index in [0.29, 0.717) is 12.1 Å². The van der Waals surface area contributed by atoms with Gasteiger partial charge in [-0.05, 0) is 63.6 Å². The molecule has 22 heavy (non-hydrogen) atoms. The van der Waals surface area contributed by atoms with Crippen molar-refractivity contribution in [3.8, 4) is 0 Å². The molecular formula is C19H30N2O. The summed E-state index contributed by atoms with van der Waals surface area (Å²) in [4.78, 5) is 2.61. The highest BCUT2D eigenvalue weighted by Crippen LogP contribution is 2.20. The number of nitrogens with zero attached hydrogens (tertiary/aromatic N) is 1. The fourth-order valence-electron chi connectivity index (χ4n) is 3.83. The van der Waals surface area contributed by atoms with Crippen molar-refractivity contribution < 1.29 is 5.11 Å². The summed E-state index contributed by atoms with van der Waals surface area (Å²) < 4.78 is 0. The van der Waals surface area contributed by atoms with Gasteiger partial charge in [0.25, 0.3) is 0 Å². The van der Waals surface area contributed by atoms with Crippen molar-refractivity contribution in [3.63, 3.8) is 0 Å². The first-order valence-corrected chi connectivity index (χ1v) is 9.00. The van der Waals surface area contributed by atoms with Gasteiger partial charge in [-0.2, -0.15) is 0 Å². The zero-order valence-corrected chi connectivity index (χ0v) is 13.6. The first-order valence-electron chi connectivity index (χ1n) is 9.00. The first-order chi connectivity index (χ1) is 10.8. The fourth-order valence-corrected chi connectivity index (χ4v) is 3.83. The SMILES string of the molecule is OC1CCC(NC2CCN(CCc3ccccc3)CC2)CC1. The maximum Gasteiger partial charge on any atom is 0.0541 e. The minimum Gasteiger partial charge on any atom is -0.393 e. The van der Waals surface area contributed by atoms with Gasteiger partial charge >= 0.3 is 0 Å². The van der Waals surface area contributed by atoms with Crippen LogP contribution in [-0.2, 0) is 6.42 Å². The molecule has 1 aliphatic carbocycles. The predicted octanol–water partition coefficient (Wildman–Crippen LogP) is 2.59. The zero-order chi connectivity index (χ0) is 15.2. The van der Waals surface area contributed by atoms with Crippen LogP contribution in [0.1, 0.15) is 44.1 Å². The number of hydrogen-bond acceptors (Lipinski definition) is 3. The van der Waals surface area contributed by atoms with Gasteiger partial charge in [-0.15, -0.1) is 0 Å². The van der Waals surface area contributed by atoms with Crippen molar-refractivity contribution in [2.75, 3.05) is 19.6 Å². The molecule has 0 bridgehead atoms. The maximum absolute atomic E-state index is 9.59. The highest BCUT2D eigenvalue weighted by Gasteiger charge is 2.24. The van der Waals surface area contributed by atoms with Crippen LogP contribution >= 0.6 is 0 Å². The highest BCUT2D eigenvalue weighted by molar-refractivity contribution is 5.14. The van der Waals surface area contributed by atoms with Crippen molar-refractivity contribution >= 4 is 0 Å². The lowest BCUT2D eigenvalue weighted by Crippen LogP contribution is -2.47. The van der Waals surface area contributed by atoms with Crippen LogP contribution in [0.4, 0.5) is 0 Å². The predicted molar refractivity (Wildman–Crippen MR) is 91.0 cm³/mol. The number of nitrogens with one attached hydrogen (secondary N) is 1. The summed E-state index contributed by atoms with van der Waals surface area (Å²) in [7, 11) is 0. The molecule has 0 aromatic heterocycles. The average Bonchev–Trinajstić information content (AvgIpc) is 2.57. The van der Waals surface area contributed by atoms with E-state index in [1.165, 1.54) is 44.5 Å². The lowest BCUT2D eigenvalue weighted by Gasteiger charge is -2.36. The van der Waals surface area contributed by atoms with Crippen LogP contribution in [0, 0.1) is 0 Å². The number of rotatable bonds is 5. The van der Waals surface area contributed by atoms with Gasteiger partial charge in [-0.1, -0.05) is 30.3 Å². The molecule has 1 aromatic carbocycles. The molecule has 3 heteroatoms. The van der Waals surface area contributed by atoms with E-state index < -0.39 is 0 Å². The highest BCUT2D eigenvalue weighted by atomic mass is 16.3. The Morgan fingerprint density at radius 2 is 1.55 bits per heavy atom. The molecule has 1 aliphatic heterocycles. The van der Waals surface area contributed by atoms with Crippen LogP contribution in [0.15, 0.2) is 30.3 Å². The first kappa shape index (κ1) is 16.0. The molecule has 122 valence electrons. The van der Waals surface area contributed by atoms with Crippen molar-refractivity contribution in [2.45, 2.75) is 63.1 Å². The van der Waals surface area contributed by atoms with Gasteiger partial charge in [0.1, 0.15) is 0 Å². The van der Waals surface area contributed by atoms with Crippen LogP contribution in [0.2, 0.25) is 0 Å². The Morgan fingerprint density at radius 1 is 0.909 bits per heavy atom. The second kappa shape index (κ2) is 8.09. The van der Waals surface area contributed by atoms with E-state index in [1.54, 1.807) is 0 Å². The number of aliphatic hydroxyl groups excluding tert-OH is 1. The summed E-state index contributed by atoms with van der Waals surface area (Å²) in [6.07, 6.45) is 7.92. The van der Waals surface area contributed by atoms with Crippen LogP contribution in [-0.4, -0.2) is 47.8 Å². The number of benzene rings is 1. The Bertz CT molecular complexity index is 420. The Hall–Kier alpha value is -0.900. The van der Waals surface area contributed by atoms with Gasteiger partial charge in [0.15, 0.2) is 0 Å². The Balaban J connectivity index is 1.34. The summed E-state index contributed by atoms with van der Waals surface area (Å²) >= 11 is 0. The number of piperidine rings is 1. The van der Waals surface area contributed by atoms with E-state index in [9.17, 15) is 5.11 Å². The smallest absolute Gasteiger partial charge is 0.0541 e. The molecule has 0 amide bonds.